The Kier molecular flexibility index (Phi) is 6.27. The van der Waals surface area contributed by atoms with E-state index in [-0.39, 0.29) is 12.0 Å². The third kappa shape index (κ3) is 4.43. The van der Waals surface area contributed by atoms with Crippen LogP contribution in [0.2, 0.25) is 0 Å². The second-order valence-corrected chi connectivity index (χ2v) is 7.18. The van der Waals surface area contributed by atoms with Gasteiger partial charge in [0.05, 0.1) is 17.7 Å². The summed E-state index contributed by atoms with van der Waals surface area (Å²) in [5.74, 6) is 0.0743. The van der Waals surface area contributed by atoms with Gasteiger partial charge in [-0.3, -0.25) is 4.79 Å². The Hall–Kier alpha value is -1.92. The topological polar surface area (TPSA) is 69.2 Å². The van der Waals surface area contributed by atoms with Gasteiger partial charge < -0.3 is 19.6 Å². The van der Waals surface area contributed by atoms with Gasteiger partial charge in [0.15, 0.2) is 0 Å². The maximum Gasteiger partial charge on any atom is 0.226 e. The summed E-state index contributed by atoms with van der Waals surface area (Å²) in [4.78, 5) is 18.6. The molecule has 1 fully saturated rings. The van der Waals surface area contributed by atoms with E-state index >= 15 is 0 Å². The van der Waals surface area contributed by atoms with Gasteiger partial charge >= 0.3 is 0 Å². The zero-order valence-corrected chi connectivity index (χ0v) is 15.6. The molecular weight excluding hydrogens is 332 g/mol. The first kappa shape index (κ1) is 18.9. The van der Waals surface area contributed by atoms with Crippen LogP contribution in [0.1, 0.15) is 36.8 Å². The summed E-state index contributed by atoms with van der Waals surface area (Å²) in [5.41, 5.74) is 2.81. The lowest BCUT2D eigenvalue weighted by atomic mass is 9.74. The first-order valence-corrected chi connectivity index (χ1v) is 9.28. The fraction of sp³-hybridized carbons (Fsp3) is 0.600. The molecule has 1 atom stereocenters. The van der Waals surface area contributed by atoms with Crippen LogP contribution in [0.4, 0.5) is 0 Å². The summed E-state index contributed by atoms with van der Waals surface area (Å²) >= 11 is 0. The number of oxime groups is 1. The lowest BCUT2D eigenvalue weighted by Gasteiger charge is -2.36. The molecule has 0 radical (unpaired) electrons. The average molecular weight is 360 g/mol. The predicted octanol–water partition coefficient (Wildman–Crippen LogP) is 2.44. The number of benzene rings is 1. The second-order valence-electron chi connectivity index (χ2n) is 7.18. The predicted molar refractivity (Wildman–Crippen MR) is 99.2 cm³/mol. The van der Waals surface area contributed by atoms with Gasteiger partial charge in [-0.2, -0.15) is 0 Å². The molecule has 0 unspecified atom stereocenters. The summed E-state index contributed by atoms with van der Waals surface area (Å²) in [6.07, 6.45) is 2.75. The SMILES string of the molecule is COCCNC(=O)C1(C[C@@H]2CC(c3ccc(C)cc3)=NO2)CCOCC1. The average Bonchev–Trinajstić information content (AvgIpc) is 3.11. The van der Waals surface area contributed by atoms with E-state index in [9.17, 15) is 4.79 Å². The van der Waals surface area contributed by atoms with Crippen molar-refractivity contribution in [2.24, 2.45) is 10.6 Å². The molecule has 0 aromatic heterocycles. The highest BCUT2D eigenvalue weighted by Gasteiger charge is 2.43. The number of ether oxygens (including phenoxy) is 2. The van der Waals surface area contributed by atoms with Crippen LogP contribution in [0.15, 0.2) is 29.4 Å². The molecule has 6 heteroatoms. The molecule has 3 rings (SSSR count). The molecule has 2 aliphatic rings. The lowest BCUT2D eigenvalue weighted by Crippen LogP contribution is -2.47. The van der Waals surface area contributed by atoms with Gasteiger partial charge in [0.25, 0.3) is 0 Å². The van der Waals surface area contributed by atoms with Gasteiger partial charge in [-0.05, 0) is 25.3 Å². The standard InChI is InChI=1S/C20H28N2O4/c1-15-3-5-16(6-4-15)18-13-17(26-22-18)14-20(7-10-25-11-8-20)19(23)21-9-12-24-2/h3-6,17H,7-14H2,1-2H3,(H,21,23)/t17-/m0/s1. The lowest BCUT2D eigenvalue weighted by molar-refractivity contribution is -0.140. The van der Waals surface area contributed by atoms with Crippen molar-refractivity contribution in [2.75, 3.05) is 33.5 Å². The molecule has 0 spiro atoms. The van der Waals surface area contributed by atoms with Crippen molar-refractivity contribution < 1.29 is 19.1 Å². The Balaban J connectivity index is 1.63. The Labute approximate surface area is 154 Å². The van der Waals surface area contributed by atoms with E-state index in [2.05, 4.69) is 41.7 Å². The molecule has 0 aliphatic carbocycles. The van der Waals surface area contributed by atoms with Crippen LogP contribution in [-0.2, 0) is 19.1 Å². The van der Waals surface area contributed by atoms with E-state index in [1.165, 1.54) is 5.56 Å². The van der Waals surface area contributed by atoms with Crippen LogP contribution >= 0.6 is 0 Å². The maximum absolute atomic E-state index is 12.9. The van der Waals surface area contributed by atoms with Gasteiger partial charge in [-0.15, -0.1) is 0 Å². The number of hydrogen-bond acceptors (Lipinski definition) is 5. The maximum atomic E-state index is 12.9. The molecule has 0 bridgehead atoms. The van der Waals surface area contributed by atoms with Crippen LogP contribution in [0.3, 0.4) is 0 Å². The van der Waals surface area contributed by atoms with Crippen molar-refractivity contribution >= 4 is 11.6 Å². The largest absolute Gasteiger partial charge is 0.392 e. The van der Waals surface area contributed by atoms with Crippen LogP contribution in [-0.4, -0.2) is 51.2 Å². The number of carbonyl (C=O) groups is 1. The van der Waals surface area contributed by atoms with Gasteiger partial charge in [-0.1, -0.05) is 35.0 Å². The van der Waals surface area contributed by atoms with Crippen molar-refractivity contribution in [3.8, 4) is 0 Å². The molecule has 1 aromatic rings. The van der Waals surface area contributed by atoms with Crippen LogP contribution < -0.4 is 5.32 Å². The minimum atomic E-state index is -0.449. The van der Waals surface area contributed by atoms with E-state index in [1.54, 1.807) is 7.11 Å². The molecule has 142 valence electrons. The molecule has 26 heavy (non-hydrogen) atoms. The van der Waals surface area contributed by atoms with E-state index < -0.39 is 5.41 Å². The fourth-order valence-corrected chi connectivity index (χ4v) is 3.63. The van der Waals surface area contributed by atoms with E-state index in [0.717, 1.165) is 17.7 Å². The van der Waals surface area contributed by atoms with Crippen LogP contribution in [0.5, 0.6) is 0 Å². The summed E-state index contributed by atoms with van der Waals surface area (Å²) in [5, 5.41) is 7.29. The molecule has 0 saturated carbocycles. The zero-order chi connectivity index (χ0) is 18.4. The molecule has 1 N–H and O–H groups in total. The minimum Gasteiger partial charge on any atom is -0.392 e. The summed E-state index contributed by atoms with van der Waals surface area (Å²) in [6, 6.07) is 8.30. The van der Waals surface area contributed by atoms with Crippen LogP contribution in [0.25, 0.3) is 0 Å². The summed E-state index contributed by atoms with van der Waals surface area (Å²) < 4.78 is 10.5. The fourth-order valence-electron chi connectivity index (χ4n) is 3.63. The molecule has 1 amide bonds. The zero-order valence-electron chi connectivity index (χ0n) is 15.6. The normalized spacial score (nSPS) is 21.8. The third-order valence-corrected chi connectivity index (χ3v) is 5.26. The van der Waals surface area contributed by atoms with E-state index in [4.69, 9.17) is 14.3 Å². The number of rotatable bonds is 7. The van der Waals surface area contributed by atoms with Gasteiger partial charge in [-0.25, -0.2) is 0 Å². The molecule has 2 heterocycles. The Morgan fingerprint density at radius 1 is 1.31 bits per heavy atom. The molecule has 6 nitrogen and oxygen atoms in total. The molecular formula is C20H28N2O4. The van der Waals surface area contributed by atoms with Crippen molar-refractivity contribution in [3.63, 3.8) is 0 Å². The third-order valence-electron chi connectivity index (χ3n) is 5.26. The van der Waals surface area contributed by atoms with Gasteiger partial charge in [0, 0.05) is 39.7 Å². The monoisotopic (exact) mass is 360 g/mol. The second kappa shape index (κ2) is 8.64. The van der Waals surface area contributed by atoms with Crippen molar-refractivity contribution in [1.29, 1.82) is 0 Å². The number of methoxy groups -OCH3 is 1. The van der Waals surface area contributed by atoms with E-state index in [1.807, 2.05) is 0 Å². The van der Waals surface area contributed by atoms with Crippen LogP contribution in [0, 0.1) is 12.3 Å². The number of hydrogen-bond donors (Lipinski definition) is 1. The highest BCUT2D eigenvalue weighted by atomic mass is 16.6. The number of carbonyl (C=O) groups excluding carboxylic acids is 1. The van der Waals surface area contributed by atoms with E-state index in [0.29, 0.717) is 45.6 Å². The quantitative estimate of drug-likeness (QED) is 0.759. The molecule has 1 saturated heterocycles. The smallest absolute Gasteiger partial charge is 0.226 e. The number of nitrogens with zero attached hydrogens (tertiary/aromatic N) is 1. The number of amides is 1. The first-order chi connectivity index (χ1) is 12.6. The first-order valence-electron chi connectivity index (χ1n) is 9.28. The molecule has 1 aromatic carbocycles. The Morgan fingerprint density at radius 2 is 2.04 bits per heavy atom. The Bertz CT molecular complexity index is 636. The van der Waals surface area contributed by atoms with Crippen molar-refractivity contribution in [1.82, 2.24) is 5.32 Å². The highest BCUT2D eigenvalue weighted by molar-refractivity contribution is 6.01. The highest BCUT2D eigenvalue weighted by Crippen LogP contribution is 2.38. The minimum absolute atomic E-state index is 0.0717. The summed E-state index contributed by atoms with van der Waals surface area (Å²) in [6.45, 7) is 4.32. The molecule has 2 aliphatic heterocycles. The summed E-state index contributed by atoms with van der Waals surface area (Å²) in [7, 11) is 1.63. The number of aryl methyl sites for hydroxylation is 1. The van der Waals surface area contributed by atoms with Crippen molar-refractivity contribution in [3.05, 3.63) is 35.4 Å². The van der Waals surface area contributed by atoms with Gasteiger partial charge in [0.1, 0.15) is 6.10 Å². The van der Waals surface area contributed by atoms with Gasteiger partial charge in [0.2, 0.25) is 5.91 Å². The Morgan fingerprint density at radius 3 is 2.73 bits per heavy atom. The van der Waals surface area contributed by atoms with Crippen molar-refractivity contribution in [2.45, 2.75) is 38.7 Å². The number of nitrogens with one attached hydrogen (secondary N) is 1.